The minimum absolute atomic E-state index is 0.0509. The van der Waals surface area contributed by atoms with Crippen LogP contribution in [0.1, 0.15) is 11.1 Å². The summed E-state index contributed by atoms with van der Waals surface area (Å²) in [6, 6.07) is 7.53. The molecular weight excluding hydrogens is 221 g/mol. The summed E-state index contributed by atoms with van der Waals surface area (Å²) < 4.78 is 18.2. The Kier molecular flexibility index (Phi) is 3.35. The first-order valence-corrected chi connectivity index (χ1v) is 5.19. The fraction of sp³-hybridized carbons (Fsp3) is 0.154. The smallest absolute Gasteiger partial charge is 0.222 e. The van der Waals surface area contributed by atoms with E-state index in [-0.39, 0.29) is 12.4 Å². The molecule has 17 heavy (non-hydrogen) atoms. The Balaban J connectivity index is 2.21. The fourth-order valence-corrected chi connectivity index (χ4v) is 1.43. The van der Waals surface area contributed by atoms with Crippen molar-refractivity contribution in [2.45, 2.75) is 13.5 Å². The maximum atomic E-state index is 12.7. The standard InChI is InChI=1S/C13H12FNO2/c1-9-6-10(8-16)7-15-13(9)17-12-4-2-11(14)3-5-12/h2-7,16H,8H2,1H3. The van der Waals surface area contributed by atoms with E-state index in [1.165, 1.54) is 24.3 Å². The molecule has 1 aromatic carbocycles. The lowest BCUT2D eigenvalue weighted by Crippen LogP contribution is -1.94. The van der Waals surface area contributed by atoms with Crippen molar-refractivity contribution in [3.8, 4) is 11.6 Å². The summed E-state index contributed by atoms with van der Waals surface area (Å²) in [6.45, 7) is 1.79. The van der Waals surface area contributed by atoms with E-state index >= 15 is 0 Å². The first kappa shape index (κ1) is 11.5. The molecule has 2 rings (SSSR count). The van der Waals surface area contributed by atoms with Crippen molar-refractivity contribution in [2.24, 2.45) is 0 Å². The number of ether oxygens (including phenoxy) is 1. The molecule has 0 aliphatic heterocycles. The van der Waals surface area contributed by atoms with E-state index in [1.807, 2.05) is 6.92 Å². The van der Waals surface area contributed by atoms with E-state index in [1.54, 1.807) is 12.3 Å². The number of pyridine rings is 1. The van der Waals surface area contributed by atoms with Crippen LogP contribution in [-0.2, 0) is 6.61 Å². The van der Waals surface area contributed by atoms with Gasteiger partial charge in [0.15, 0.2) is 0 Å². The van der Waals surface area contributed by atoms with Crippen LogP contribution in [0.3, 0.4) is 0 Å². The molecule has 0 saturated carbocycles. The maximum absolute atomic E-state index is 12.7. The highest BCUT2D eigenvalue weighted by Crippen LogP contribution is 2.23. The SMILES string of the molecule is Cc1cc(CO)cnc1Oc1ccc(F)cc1. The third kappa shape index (κ3) is 2.79. The first-order chi connectivity index (χ1) is 8.19. The third-order valence-corrected chi connectivity index (χ3v) is 2.30. The zero-order valence-electron chi connectivity index (χ0n) is 9.35. The quantitative estimate of drug-likeness (QED) is 0.886. The predicted molar refractivity (Wildman–Crippen MR) is 61.4 cm³/mol. The molecule has 1 N–H and O–H groups in total. The van der Waals surface area contributed by atoms with E-state index in [0.29, 0.717) is 11.6 Å². The molecule has 0 aliphatic carbocycles. The van der Waals surface area contributed by atoms with E-state index in [4.69, 9.17) is 9.84 Å². The van der Waals surface area contributed by atoms with Gasteiger partial charge in [0.25, 0.3) is 0 Å². The molecule has 88 valence electrons. The molecule has 0 bridgehead atoms. The Morgan fingerprint density at radius 2 is 2.00 bits per heavy atom. The monoisotopic (exact) mass is 233 g/mol. The van der Waals surface area contributed by atoms with E-state index < -0.39 is 0 Å². The number of benzene rings is 1. The Morgan fingerprint density at radius 3 is 2.59 bits per heavy atom. The van der Waals surface area contributed by atoms with Crippen LogP contribution in [0.15, 0.2) is 36.5 Å². The van der Waals surface area contributed by atoms with Crippen molar-refractivity contribution in [3.05, 3.63) is 53.5 Å². The number of aromatic nitrogens is 1. The molecule has 0 spiro atoms. The van der Waals surface area contributed by atoms with E-state index in [2.05, 4.69) is 4.98 Å². The van der Waals surface area contributed by atoms with Crippen molar-refractivity contribution in [1.29, 1.82) is 0 Å². The summed E-state index contributed by atoms with van der Waals surface area (Å²) in [7, 11) is 0. The average Bonchev–Trinajstić information content (AvgIpc) is 2.34. The Hall–Kier alpha value is -1.94. The van der Waals surface area contributed by atoms with Gasteiger partial charge in [-0.3, -0.25) is 0 Å². The highest BCUT2D eigenvalue weighted by atomic mass is 19.1. The fourth-order valence-electron chi connectivity index (χ4n) is 1.43. The van der Waals surface area contributed by atoms with Crippen LogP contribution < -0.4 is 4.74 Å². The second kappa shape index (κ2) is 4.93. The lowest BCUT2D eigenvalue weighted by atomic mass is 10.2. The van der Waals surface area contributed by atoms with Crippen LogP contribution >= 0.6 is 0 Å². The van der Waals surface area contributed by atoms with Crippen LogP contribution in [0.25, 0.3) is 0 Å². The molecule has 0 amide bonds. The third-order valence-electron chi connectivity index (χ3n) is 2.30. The molecule has 0 atom stereocenters. The number of aryl methyl sites for hydroxylation is 1. The second-order valence-corrected chi connectivity index (χ2v) is 3.68. The summed E-state index contributed by atoms with van der Waals surface area (Å²) in [4.78, 5) is 4.09. The van der Waals surface area contributed by atoms with Gasteiger partial charge in [0.2, 0.25) is 5.88 Å². The molecule has 3 nitrogen and oxygen atoms in total. The normalized spacial score (nSPS) is 10.3. The lowest BCUT2D eigenvalue weighted by molar-refractivity contribution is 0.281. The van der Waals surface area contributed by atoms with Gasteiger partial charge in [-0.05, 0) is 42.8 Å². The summed E-state index contributed by atoms with van der Waals surface area (Å²) in [6.07, 6.45) is 1.55. The highest BCUT2D eigenvalue weighted by Gasteiger charge is 2.04. The Labute approximate surface area is 98.5 Å². The van der Waals surface area contributed by atoms with Crippen LogP contribution in [0, 0.1) is 12.7 Å². The number of nitrogens with zero attached hydrogens (tertiary/aromatic N) is 1. The van der Waals surface area contributed by atoms with Crippen LogP contribution in [0.5, 0.6) is 11.6 Å². The lowest BCUT2D eigenvalue weighted by Gasteiger charge is -2.08. The van der Waals surface area contributed by atoms with E-state index in [0.717, 1.165) is 11.1 Å². The number of hydrogen-bond acceptors (Lipinski definition) is 3. The zero-order valence-corrected chi connectivity index (χ0v) is 9.35. The average molecular weight is 233 g/mol. The number of aliphatic hydroxyl groups excluding tert-OH is 1. The molecule has 0 unspecified atom stereocenters. The molecule has 1 aromatic heterocycles. The minimum atomic E-state index is -0.308. The van der Waals surface area contributed by atoms with Crippen LogP contribution in [0.2, 0.25) is 0 Å². The molecule has 0 radical (unpaired) electrons. The topological polar surface area (TPSA) is 42.4 Å². The summed E-state index contributed by atoms with van der Waals surface area (Å²) in [5.74, 6) is 0.671. The van der Waals surface area contributed by atoms with Crippen molar-refractivity contribution >= 4 is 0 Å². The second-order valence-electron chi connectivity index (χ2n) is 3.68. The van der Waals surface area contributed by atoms with Crippen LogP contribution in [-0.4, -0.2) is 10.1 Å². The molecule has 0 fully saturated rings. The van der Waals surface area contributed by atoms with Crippen molar-refractivity contribution in [2.75, 3.05) is 0 Å². The van der Waals surface area contributed by atoms with Gasteiger partial charge in [-0.2, -0.15) is 0 Å². The van der Waals surface area contributed by atoms with Crippen molar-refractivity contribution < 1.29 is 14.2 Å². The first-order valence-electron chi connectivity index (χ1n) is 5.19. The number of rotatable bonds is 3. The largest absolute Gasteiger partial charge is 0.439 e. The predicted octanol–water partition coefficient (Wildman–Crippen LogP) is 2.81. The molecule has 0 aliphatic rings. The summed E-state index contributed by atoms with van der Waals surface area (Å²) in [5, 5.41) is 8.95. The van der Waals surface area contributed by atoms with Crippen molar-refractivity contribution in [1.82, 2.24) is 4.98 Å². The van der Waals surface area contributed by atoms with Gasteiger partial charge in [-0.15, -0.1) is 0 Å². The molecular formula is C13H12FNO2. The zero-order chi connectivity index (χ0) is 12.3. The van der Waals surface area contributed by atoms with Gasteiger partial charge in [0.05, 0.1) is 6.61 Å². The van der Waals surface area contributed by atoms with Gasteiger partial charge in [0, 0.05) is 11.8 Å². The number of halogens is 1. The molecule has 4 heteroatoms. The highest BCUT2D eigenvalue weighted by molar-refractivity contribution is 5.33. The van der Waals surface area contributed by atoms with Gasteiger partial charge in [-0.25, -0.2) is 9.37 Å². The Bertz CT molecular complexity index is 511. The summed E-state index contributed by atoms with van der Waals surface area (Å²) >= 11 is 0. The van der Waals surface area contributed by atoms with Gasteiger partial charge >= 0.3 is 0 Å². The maximum Gasteiger partial charge on any atom is 0.222 e. The molecule has 0 saturated heterocycles. The Morgan fingerprint density at radius 1 is 1.29 bits per heavy atom. The van der Waals surface area contributed by atoms with Gasteiger partial charge in [-0.1, -0.05) is 0 Å². The van der Waals surface area contributed by atoms with Gasteiger partial charge < -0.3 is 9.84 Å². The number of aliphatic hydroxyl groups is 1. The molecule has 2 aromatic rings. The summed E-state index contributed by atoms with van der Waals surface area (Å²) in [5.41, 5.74) is 1.55. The molecule has 1 heterocycles. The minimum Gasteiger partial charge on any atom is -0.439 e. The van der Waals surface area contributed by atoms with Crippen LogP contribution in [0.4, 0.5) is 4.39 Å². The van der Waals surface area contributed by atoms with E-state index in [9.17, 15) is 4.39 Å². The van der Waals surface area contributed by atoms with Crippen molar-refractivity contribution in [3.63, 3.8) is 0 Å². The van der Waals surface area contributed by atoms with Gasteiger partial charge in [0.1, 0.15) is 11.6 Å². The number of hydrogen-bond donors (Lipinski definition) is 1.